The first kappa shape index (κ1) is 10.8. The average molecular weight is 273 g/mol. The number of aliphatic hydroxyl groups is 1. The van der Waals surface area contributed by atoms with E-state index < -0.39 is 0 Å². The summed E-state index contributed by atoms with van der Waals surface area (Å²) in [5, 5.41) is 9.24. The van der Waals surface area contributed by atoms with Gasteiger partial charge in [-0.15, -0.1) is 0 Å². The molecule has 1 saturated carbocycles. The highest BCUT2D eigenvalue weighted by Gasteiger charge is 2.26. The molecule has 4 heteroatoms. The first-order valence-corrected chi connectivity index (χ1v) is 5.68. The third kappa shape index (κ3) is 2.44. The quantitative estimate of drug-likeness (QED) is 0.916. The molecule has 0 aromatic heterocycles. The fourth-order valence-electron chi connectivity index (χ4n) is 1.38. The molecule has 1 aromatic rings. The van der Waals surface area contributed by atoms with E-state index in [0.717, 1.165) is 22.9 Å². The number of ether oxygens (including phenoxy) is 2. The zero-order valence-corrected chi connectivity index (χ0v) is 10.1. The van der Waals surface area contributed by atoms with Crippen LogP contribution in [0, 0.1) is 0 Å². The van der Waals surface area contributed by atoms with Gasteiger partial charge in [0.2, 0.25) is 0 Å². The van der Waals surface area contributed by atoms with Gasteiger partial charge >= 0.3 is 0 Å². The summed E-state index contributed by atoms with van der Waals surface area (Å²) in [4.78, 5) is 0. The molecule has 0 heterocycles. The molecule has 0 aliphatic heterocycles. The van der Waals surface area contributed by atoms with Gasteiger partial charge in [-0.1, -0.05) is 15.9 Å². The summed E-state index contributed by atoms with van der Waals surface area (Å²) in [6.07, 6.45) is 2.47. The summed E-state index contributed by atoms with van der Waals surface area (Å²) in [7, 11) is 1.60. The Kier molecular flexibility index (Phi) is 3.17. The van der Waals surface area contributed by atoms with E-state index in [1.165, 1.54) is 0 Å². The van der Waals surface area contributed by atoms with E-state index in [1.54, 1.807) is 7.11 Å². The maximum atomic E-state index is 9.24. The van der Waals surface area contributed by atoms with E-state index in [-0.39, 0.29) is 6.61 Å². The van der Waals surface area contributed by atoms with Crippen LogP contribution in [0.2, 0.25) is 0 Å². The van der Waals surface area contributed by atoms with Gasteiger partial charge < -0.3 is 14.6 Å². The van der Waals surface area contributed by atoms with Crippen LogP contribution in [0.15, 0.2) is 16.6 Å². The third-order valence-electron chi connectivity index (χ3n) is 2.30. The van der Waals surface area contributed by atoms with Crippen molar-refractivity contribution in [3.05, 3.63) is 22.2 Å². The molecule has 1 fully saturated rings. The highest BCUT2D eigenvalue weighted by molar-refractivity contribution is 9.10. The molecule has 0 amide bonds. The van der Waals surface area contributed by atoms with Gasteiger partial charge in [-0.2, -0.15) is 0 Å². The Hall–Kier alpha value is -0.740. The highest BCUT2D eigenvalue weighted by Crippen LogP contribution is 2.38. The van der Waals surface area contributed by atoms with Gasteiger partial charge in [0.15, 0.2) is 11.5 Å². The fourth-order valence-corrected chi connectivity index (χ4v) is 1.86. The number of halogens is 1. The molecule has 1 aromatic carbocycles. The second kappa shape index (κ2) is 4.41. The van der Waals surface area contributed by atoms with E-state index in [0.29, 0.717) is 17.6 Å². The normalized spacial score (nSPS) is 15.1. The second-order valence-electron chi connectivity index (χ2n) is 3.57. The van der Waals surface area contributed by atoms with Crippen LogP contribution in [0.4, 0.5) is 0 Å². The first-order valence-electron chi connectivity index (χ1n) is 4.88. The molecule has 1 N–H and O–H groups in total. The van der Waals surface area contributed by atoms with Crippen LogP contribution >= 0.6 is 15.9 Å². The Balaban J connectivity index is 2.36. The lowest BCUT2D eigenvalue weighted by atomic mass is 10.2. The minimum Gasteiger partial charge on any atom is -0.493 e. The van der Waals surface area contributed by atoms with Crippen molar-refractivity contribution in [2.24, 2.45) is 0 Å². The van der Waals surface area contributed by atoms with Crippen molar-refractivity contribution in [2.75, 3.05) is 7.11 Å². The summed E-state index contributed by atoms with van der Waals surface area (Å²) in [6, 6.07) is 3.69. The lowest BCUT2D eigenvalue weighted by molar-refractivity contribution is 0.248. The monoisotopic (exact) mass is 272 g/mol. The molecule has 1 aliphatic carbocycles. The van der Waals surface area contributed by atoms with E-state index in [2.05, 4.69) is 15.9 Å². The lowest BCUT2D eigenvalue weighted by Crippen LogP contribution is -2.02. The topological polar surface area (TPSA) is 38.7 Å². The maximum Gasteiger partial charge on any atom is 0.167 e. The van der Waals surface area contributed by atoms with Gasteiger partial charge in [0.25, 0.3) is 0 Å². The van der Waals surface area contributed by atoms with E-state index in [1.807, 2.05) is 12.1 Å². The number of hydrogen-bond acceptors (Lipinski definition) is 3. The standard InChI is InChI=1S/C11H13BrO3/c1-14-10-5-8(12)4-7(6-13)11(10)15-9-2-3-9/h4-5,9,13H,2-3,6H2,1H3. The Morgan fingerprint density at radius 1 is 1.47 bits per heavy atom. The Morgan fingerprint density at radius 2 is 2.20 bits per heavy atom. The molecule has 82 valence electrons. The molecule has 0 spiro atoms. The largest absolute Gasteiger partial charge is 0.493 e. The molecule has 0 bridgehead atoms. The van der Waals surface area contributed by atoms with Gasteiger partial charge in [-0.25, -0.2) is 0 Å². The van der Waals surface area contributed by atoms with Gasteiger partial charge in [0, 0.05) is 10.0 Å². The second-order valence-corrected chi connectivity index (χ2v) is 4.49. The van der Waals surface area contributed by atoms with Crippen LogP contribution in [0.5, 0.6) is 11.5 Å². The number of hydrogen-bond donors (Lipinski definition) is 1. The average Bonchev–Trinajstić information content (AvgIpc) is 3.03. The van der Waals surface area contributed by atoms with E-state index in [4.69, 9.17) is 9.47 Å². The van der Waals surface area contributed by atoms with Crippen molar-refractivity contribution in [2.45, 2.75) is 25.6 Å². The SMILES string of the molecule is COc1cc(Br)cc(CO)c1OC1CC1. The predicted molar refractivity (Wildman–Crippen MR) is 60.3 cm³/mol. The van der Waals surface area contributed by atoms with E-state index in [9.17, 15) is 5.11 Å². The van der Waals surface area contributed by atoms with Crippen molar-refractivity contribution in [3.8, 4) is 11.5 Å². The summed E-state index contributed by atoms with van der Waals surface area (Å²) in [5.74, 6) is 1.34. The minimum absolute atomic E-state index is 0.0438. The molecule has 1 aliphatic rings. The fraction of sp³-hybridized carbons (Fsp3) is 0.455. The Morgan fingerprint density at radius 3 is 2.73 bits per heavy atom. The number of benzene rings is 1. The van der Waals surface area contributed by atoms with Gasteiger partial charge in [0.05, 0.1) is 19.8 Å². The number of aliphatic hydroxyl groups excluding tert-OH is 1. The van der Waals surface area contributed by atoms with Crippen LogP contribution in [0.3, 0.4) is 0 Å². The molecule has 15 heavy (non-hydrogen) atoms. The van der Waals surface area contributed by atoms with E-state index >= 15 is 0 Å². The summed E-state index contributed by atoms with van der Waals surface area (Å²) < 4.78 is 11.8. The smallest absolute Gasteiger partial charge is 0.167 e. The van der Waals surface area contributed by atoms with Crippen molar-refractivity contribution >= 4 is 15.9 Å². The van der Waals surface area contributed by atoms with Crippen molar-refractivity contribution in [1.82, 2.24) is 0 Å². The molecule has 0 radical (unpaired) electrons. The van der Waals surface area contributed by atoms with Crippen LogP contribution in [-0.4, -0.2) is 18.3 Å². The van der Waals surface area contributed by atoms with Crippen molar-refractivity contribution < 1.29 is 14.6 Å². The molecule has 0 unspecified atom stereocenters. The summed E-state index contributed by atoms with van der Waals surface area (Å²) in [6.45, 7) is -0.0438. The third-order valence-corrected chi connectivity index (χ3v) is 2.75. The first-order chi connectivity index (χ1) is 7.24. The molecular weight excluding hydrogens is 260 g/mol. The molecule has 3 nitrogen and oxygen atoms in total. The number of methoxy groups -OCH3 is 1. The van der Waals surface area contributed by atoms with Crippen LogP contribution in [0.25, 0.3) is 0 Å². The molecule has 0 atom stereocenters. The van der Waals surface area contributed by atoms with Gasteiger partial charge in [-0.3, -0.25) is 0 Å². The Bertz CT molecular complexity index is 336. The molecule has 2 rings (SSSR count). The van der Waals surface area contributed by atoms with Crippen LogP contribution in [-0.2, 0) is 6.61 Å². The zero-order valence-electron chi connectivity index (χ0n) is 8.50. The van der Waals surface area contributed by atoms with Crippen molar-refractivity contribution in [3.63, 3.8) is 0 Å². The Labute approximate surface area is 97.1 Å². The lowest BCUT2D eigenvalue weighted by Gasteiger charge is -2.14. The minimum atomic E-state index is -0.0438. The molecular formula is C11H13BrO3. The summed E-state index contributed by atoms with van der Waals surface area (Å²) in [5.41, 5.74) is 0.758. The van der Waals surface area contributed by atoms with Crippen LogP contribution in [0.1, 0.15) is 18.4 Å². The summed E-state index contributed by atoms with van der Waals surface area (Å²) >= 11 is 3.36. The van der Waals surface area contributed by atoms with Gasteiger partial charge in [0.1, 0.15) is 0 Å². The zero-order chi connectivity index (χ0) is 10.8. The van der Waals surface area contributed by atoms with Gasteiger partial charge in [-0.05, 0) is 25.0 Å². The van der Waals surface area contributed by atoms with Crippen LogP contribution < -0.4 is 9.47 Å². The predicted octanol–water partition coefficient (Wildman–Crippen LogP) is 2.49. The maximum absolute atomic E-state index is 9.24. The number of rotatable bonds is 4. The van der Waals surface area contributed by atoms with Crippen molar-refractivity contribution in [1.29, 1.82) is 0 Å². The highest BCUT2D eigenvalue weighted by atomic mass is 79.9. The molecule has 0 saturated heterocycles.